The van der Waals surface area contributed by atoms with Gasteiger partial charge in [0, 0.05) is 31.7 Å². The summed E-state index contributed by atoms with van der Waals surface area (Å²) in [6.45, 7) is 6.28. The molecule has 2 atom stereocenters. The van der Waals surface area contributed by atoms with Crippen LogP contribution in [0.5, 0.6) is 0 Å². The highest BCUT2D eigenvalue weighted by Gasteiger charge is 2.40. The molecule has 0 amide bonds. The van der Waals surface area contributed by atoms with Crippen LogP contribution in [0.25, 0.3) is 0 Å². The fourth-order valence-corrected chi connectivity index (χ4v) is 4.93. The smallest absolute Gasteiger partial charge is 0.262 e. The van der Waals surface area contributed by atoms with Crippen LogP contribution < -0.4 is 5.73 Å². The number of hydrogen-bond donors (Lipinski definition) is 1. The number of nitrogens with zero attached hydrogens (tertiary/aromatic N) is 3. The van der Waals surface area contributed by atoms with E-state index < -0.39 is 10.0 Å². The predicted molar refractivity (Wildman–Crippen MR) is 97.6 cm³/mol. The first-order chi connectivity index (χ1) is 11.9. The normalized spacial score (nSPS) is 21.9. The number of nitrogens with two attached hydrogens (primary N) is 1. The highest BCUT2D eigenvalue weighted by atomic mass is 32.2. The van der Waals surface area contributed by atoms with E-state index in [0.29, 0.717) is 25.6 Å². The Balaban J connectivity index is 1.82. The van der Waals surface area contributed by atoms with Gasteiger partial charge in [-0.3, -0.25) is 0 Å². The van der Waals surface area contributed by atoms with Gasteiger partial charge in [-0.2, -0.15) is 4.31 Å². The summed E-state index contributed by atoms with van der Waals surface area (Å²) >= 11 is 0. The number of aromatic nitrogens is 2. The van der Waals surface area contributed by atoms with Crippen molar-refractivity contribution in [2.24, 2.45) is 17.6 Å². The number of sulfonamides is 1. The molecule has 1 aliphatic heterocycles. The minimum absolute atomic E-state index is 0.120. The molecule has 1 aromatic heterocycles. The molecule has 0 bridgehead atoms. The molecule has 0 unspecified atom stereocenters. The molecule has 25 heavy (non-hydrogen) atoms. The summed E-state index contributed by atoms with van der Waals surface area (Å²) in [6.07, 6.45) is 3.22. The van der Waals surface area contributed by atoms with E-state index in [1.165, 1.54) is 4.31 Å². The molecule has 0 aliphatic carbocycles. The van der Waals surface area contributed by atoms with Crippen LogP contribution in [0, 0.1) is 11.8 Å². The minimum atomic E-state index is -3.59. The Morgan fingerprint density at radius 2 is 1.96 bits per heavy atom. The monoisotopic (exact) mass is 362 g/mol. The Bertz CT molecular complexity index is 801. The highest BCUT2D eigenvalue weighted by molar-refractivity contribution is 7.89. The maximum atomic E-state index is 13.0. The Hall–Kier alpha value is -1.70. The second-order valence-electron chi connectivity index (χ2n) is 7.14. The fraction of sp³-hybridized carbons (Fsp3) is 0.500. The van der Waals surface area contributed by atoms with Gasteiger partial charge in [0.25, 0.3) is 10.0 Å². The van der Waals surface area contributed by atoms with Crippen molar-refractivity contribution in [2.75, 3.05) is 19.6 Å². The predicted octanol–water partition coefficient (Wildman–Crippen LogP) is 1.90. The quantitative estimate of drug-likeness (QED) is 0.851. The Labute approximate surface area is 149 Å². The molecule has 1 fully saturated rings. The van der Waals surface area contributed by atoms with Gasteiger partial charge in [0.15, 0.2) is 5.03 Å². The Morgan fingerprint density at radius 1 is 1.24 bits per heavy atom. The van der Waals surface area contributed by atoms with Crippen LogP contribution in [0.1, 0.15) is 25.3 Å². The molecule has 6 nitrogen and oxygen atoms in total. The van der Waals surface area contributed by atoms with Crippen molar-refractivity contribution in [3.05, 3.63) is 48.4 Å². The maximum absolute atomic E-state index is 13.0. The summed E-state index contributed by atoms with van der Waals surface area (Å²) in [5.74, 6) is 0.675. The van der Waals surface area contributed by atoms with Gasteiger partial charge in [-0.15, -0.1) is 0 Å². The van der Waals surface area contributed by atoms with Crippen molar-refractivity contribution in [1.82, 2.24) is 13.9 Å². The second-order valence-corrected chi connectivity index (χ2v) is 9.02. The second kappa shape index (κ2) is 7.27. The number of rotatable bonds is 6. The number of benzene rings is 1. The first kappa shape index (κ1) is 18.1. The average molecular weight is 362 g/mol. The molecule has 1 aromatic carbocycles. The lowest BCUT2D eigenvalue weighted by Crippen LogP contribution is -2.30. The zero-order chi connectivity index (χ0) is 18.0. The fourth-order valence-electron chi connectivity index (χ4n) is 3.47. The molecule has 7 heteroatoms. The first-order valence-electron chi connectivity index (χ1n) is 8.68. The van der Waals surface area contributed by atoms with Crippen LogP contribution in [-0.4, -0.2) is 41.9 Å². The third-order valence-electron chi connectivity index (χ3n) is 4.73. The van der Waals surface area contributed by atoms with Crippen LogP contribution in [-0.2, 0) is 16.6 Å². The van der Waals surface area contributed by atoms with Crippen LogP contribution in [0.4, 0.5) is 0 Å². The molecule has 0 spiro atoms. The van der Waals surface area contributed by atoms with E-state index in [0.717, 1.165) is 12.1 Å². The van der Waals surface area contributed by atoms with Crippen LogP contribution in [0.2, 0.25) is 0 Å². The molecule has 2 aromatic rings. The van der Waals surface area contributed by atoms with E-state index in [2.05, 4.69) is 18.8 Å². The van der Waals surface area contributed by atoms with Crippen LogP contribution in [0.3, 0.4) is 0 Å². The van der Waals surface area contributed by atoms with E-state index in [1.54, 1.807) is 12.5 Å². The van der Waals surface area contributed by atoms with Gasteiger partial charge >= 0.3 is 0 Å². The SMILES string of the molecule is CC(C)Cn1cnc(S(=O)(=O)N2C[C@@H](CN)[C@H](c3ccccc3)C2)c1. The van der Waals surface area contributed by atoms with Gasteiger partial charge in [0.2, 0.25) is 0 Å². The van der Waals surface area contributed by atoms with Gasteiger partial charge in [-0.1, -0.05) is 44.2 Å². The molecule has 0 saturated carbocycles. The zero-order valence-electron chi connectivity index (χ0n) is 14.7. The van der Waals surface area contributed by atoms with Crippen LogP contribution >= 0.6 is 0 Å². The third kappa shape index (κ3) is 3.78. The van der Waals surface area contributed by atoms with E-state index >= 15 is 0 Å². The molecule has 136 valence electrons. The third-order valence-corrected chi connectivity index (χ3v) is 6.45. The van der Waals surface area contributed by atoms with Gasteiger partial charge < -0.3 is 10.3 Å². The summed E-state index contributed by atoms with van der Waals surface area (Å²) < 4.78 is 29.3. The molecule has 3 rings (SSSR count). The topological polar surface area (TPSA) is 81.2 Å². The summed E-state index contributed by atoms with van der Waals surface area (Å²) in [5.41, 5.74) is 7.06. The Morgan fingerprint density at radius 3 is 2.60 bits per heavy atom. The highest BCUT2D eigenvalue weighted by Crippen LogP contribution is 2.34. The lowest BCUT2D eigenvalue weighted by Gasteiger charge is -2.16. The summed E-state index contributed by atoms with van der Waals surface area (Å²) in [4.78, 5) is 4.14. The van der Waals surface area contributed by atoms with Gasteiger partial charge in [0.1, 0.15) is 0 Å². The Kier molecular flexibility index (Phi) is 5.27. The number of imidazole rings is 1. The lowest BCUT2D eigenvalue weighted by atomic mass is 9.89. The largest absolute Gasteiger partial charge is 0.336 e. The van der Waals surface area contributed by atoms with Crippen molar-refractivity contribution in [3.63, 3.8) is 0 Å². The molecular formula is C18H26N4O2S. The van der Waals surface area contributed by atoms with Crippen molar-refractivity contribution in [1.29, 1.82) is 0 Å². The molecule has 1 aliphatic rings. The molecule has 2 heterocycles. The maximum Gasteiger partial charge on any atom is 0.262 e. The van der Waals surface area contributed by atoms with Crippen molar-refractivity contribution in [3.8, 4) is 0 Å². The molecular weight excluding hydrogens is 336 g/mol. The van der Waals surface area contributed by atoms with E-state index in [-0.39, 0.29) is 16.9 Å². The standard InChI is InChI=1S/C18H26N4O2S/c1-14(2)9-21-12-18(20-13-21)25(23,24)22-10-16(8-19)17(11-22)15-6-4-3-5-7-15/h3-7,12-14,16-17H,8-11,19H2,1-2H3/t16-,17+/m1/s1. The summed E-state index contributed by atoms with van der Waals surface area (Å²) in [5, 5.41) is 0.123. The molecule has 1 saturated heterocycles. The molecule has 0 radical (unpaired) electrons. The summed E-state index contributed by atoms with van der Waals surface area (Å²) in [6, 6.07) is 10.0. The van der Waals surface area contributed by atoms with Crippen molar-refractivity contribution >= 4 is 10.0 Å². The minimum Gasteiger partial charge on any atom is -0.336 e. The van der Waals surface area contributed by atoms with E-state index in [1.807, 2.05) is 34.9 Å². The van der Waals surface area contributed by atoms with Gasteiger partial charge in [0.05, 0.1) is 6.33 Å². The lowest BCUT2D eigenvalue weighted by molar-refractivity contribution is 0.456. The summed E-state index contributed by atoms with van der Waals surface area (Å²) in [7, 11) is -3.59. The van der Waals surface area contributed by atoms with E-state index in [4.69, 9.17) is 5.73 Å². The van der Waals surface area contributed by atoms with Crippen LogP contribution in [0.15, 0.2) is 47.9 Å². The molecule has 2 N–H and O–H groups in total. The van der Waals surface area contributed by atoms with Crippen molar-refractivity contribution in [2.45, 2.75) is 31.3 Å². The van der Waals surface area contributed by atoms with Gasteiger partial charge in [-0.25, -0.2) is 13.4 Å². The number of hydrogen-bond acceptors (Lipinski definition) is 4. The van der Waals surface area contributed by atoms with E-state index in [9.17, 15) is 8.42 Å². The average Bonchev–Trinajstić information content (AvgIpc) is 3.22. The van der Waals surface area contributed by atoms with Crippen molar-refractivity contribution < 1.29 is 8.42 Å². The van der Waals surface area contributed by atoms with Gasteiger partial charge in [-0.05, 0) is 23.9 Å². The zero-order valence-corrected chi connectivity index (χ0v) is 15.6. The first-order valence-corrected chi connectivity index (χ1v) is 10.1.